The van der Waals surface area contributed by atoms with Gasteiger partial charge in [-0.25, -0.2) is 4.79 Å². The second-order valence-corrected chi connectivity index (χ2v) is 10.4. The van der Waals surface area contributed by atoms with Crippen molar-refractivity contribution in [3.8, 4) is 0 Å². The number of amides is 3. The van der Waals surface area contributed by atoms with E-state index in [0.717, 1.165) is 28.8 Å². The van der Waals surface area contributed by atoms with Gasteiger partial charge in [-0.2, -0.15) is 0 Å². The molecule has 198 valence electrons. The van der Waals surface area contributed by atoms with Gasteiger partial charge in [0.15, 0.2) is 0 Å². The Labute approximate surface area is 225 Å². The highest BCUT2D eigenvalue weighted by Gasteiger charge is 2.23. The lowest BCUT2D eigenvalue weighted by atomic mass is 10.1. The van der Waals surface area contributed by atoms with E-state index in [1.807, 2.05) is 85.6 Å². The van der Waals surface area contributed by atoms with Gasteiger partial charge in [0.05, 0.1) is 0 Å². The second kappa shape index (κ2) is 12.5. The number of nitrogens with zero attached hydrogens (tertiary/aromatic N) is 2. The van der Waals surface area contributed by atoms with Crippen molar-refractivity contribution in [1.82, 2.24) is 14.8 Å². The highest BCUT2D eigenvalue weighted by atomic mass is 16.2. The van der Waals surface area contributed by atoms with Crippen LogP contribution in [0.5, 0.6) is 0 Å². The van der Waals surface area contributed by atoms with E-state index >= 15 is 0 Å². The predicted octanol–water partition coefficient (Wildman–Crippen LogP) is 6.55. The number of carbonyl (C=O) groups is 2. The number of aromatic nitrogens is 1. The lowest BCUT2D eigenvalue weighted by Gasteiger charge is -2.29. The van der Waals surface area contributed by atoms with Crippen LogP contribution in [0, 0.1) is 19.8 Å². The summed E-state index contributed by atoms with van der Waals surface area (Å²) < 4.78 is 0. The van der Waals surface area contributed by atoms with Crippen LogP contribution in [0.4, 0.5) is 10.5 Å². The molecule has 6 heteroatoms. The molecule has 0 bridgehead atoms. The third-order valence-corrected chi connectivity index (χ3v) is 6.85. The molecule has 4 aromatic rings. The minimum atomic E-state index is -0.258. The molecule has 2 N–H and O–H groups in total. The van der Waals surface area contributed by atoms with Crippen molar-refractivity contribution in [3.63, 3.8) is 0 Å². The number of rotatable bonds is 10. The van der Waals surface area contributed by atoms with E-state index < -0.39 is 0 Å². The molecule has 1 aromatic heterocycles. The van der Waals surface area contributed by atoms with Crippen LogP contribution in [0.15, 0.2) is 79.0 Å². The van der Waals surface area contributed by atoms with E-state index in [-0.39, 0.29) is 24.4 Å². The molecule has 0 saturated heterocycles. The first-order valence-corrected chi connectivity index (χ1v) is 13.3. The van der Waals surface area contributed by atoms with Crippen molar-refractivity contribution in [2.24, 2.45) is 5.92 Å². The molecule has 0 fully saturated rings. The van der Waals surface area contributed by atoms with Gasteiger partial charge in [0.25, 0.3) is 0 Å². The van der Waals surface area contributed by atoms with Crippen LogP contribution in [0.3, 0.4) is 0 Å². The van der Waals surface area contributed by atoms with Crippen molar-refractivity contribution in [2.45, 2.75) is 40.7 Å². The van der Waals surface area contributed by atoms with Crippen LogP contribution in [-0.4, -0.2) is 46.4 Å². The zero-order valence-electron chi connectivity index (χ0n) is 22.8. The van der Waals surface area contributed by atoms with Crippen LogP contribution in [0.2, 0.25) is 0 Å². The number of benzene rings is 3. The molecule has 38 heavy (non-hydrogen) atoms. The van der Waals surface area contributed by atoms with Crippen molar-refractivity contribution in [1.29, 1.82) is 0 Å². The molecule has 3 aromatic carbocycles. The predicted molar refractivity (Wildman–Crippen MR) is 155 cm³/mol. The minimum absolute atomic E-state index is 0.0234. The summed E-state index contributed by atoms with van der Waals surface area (Å²) in [6.45, 7) is 9.75. The number of H-pyrrole nitrogens is 1. The Morgan fingerprint density at radius 1 is 0.895 bits per heavy atom. The number of hydrogen-bond donors (Lipinski definition) is 2. The maximum atomic E-state index is 13.7. The number of carbonyl (C=O) groups excluding carboxylic acids is 2. The number of hydrogen-bond acceptors (Lipinski definition) is 2. The summed E-state index contributed by atoms with van der Waals surface area (Å²) in [5.74, 6) is 0.159. The Kier molecular flexibility index (Phi) is 8.85. The normalized spacial score (nSPS) is 11.1. The van der Waals surface area contributed by atoms with E-state index in [0.29, 0.717) is 19.6 Å². The molecule has 0 aliphatic carbocycles. The van der Waals surface area contributed by atoms with Crippen LogP contribution < -0.4 is 5.32 Å². The number of aryl methyl sites for hydroxylation is 2. The first kappa shape index (κ1) is 27.0. The number of nitrogens with one attached hydrogen (secondary N) is 2. The van der Waals surface area contributed by atoms with Gasteiger partial charge in [-0.05, 0) is 66.6 Å². The zero-order valence-corrected chi connectivity index (χ0v) is 22.8. The molecule has 3 amide bonds. The molecular formula is C32H38N4O2. The average Bonchev–Trinajstić information content (AvgIpc) is 3.31. The fourth-order valence-electron chi connectivity index (χ4n) is 4.63. The highest BCUT2D eigenvalue weighted by molar-refractivity contribution is 5.92. The Morgan fingerprint density at radius 2 is 1.63 bits per heavy atom. The molecule has 0 unspecified atom stereocenters. The number of fused-ring (bicyclic) bond motifs is 1. The van der Waals surface area contributed by atoms with Crippen molar-refractivity contribution in [3.05, 3.63) is 101 Å². The molecule has 0 atom stereocenters. The number of anilines is 1. The SMILES string of the molecule is Cc1ccc(NC(=O)N(CC(=O)N(CCc2c[nH]c3ccccc23)Cc2ccccc2)CC(C)C)cc1C. The summed E-state index contributed by atoms with van der Waals surface area (Å²) in [6.07, 6.45) is 2.75. The first-order valence-electron chi connectivity index (χ1n) is 13.3. The first-order chi connectivity index (χ1) is 18.3. The molecule has 0 radical (unpaired) electrons. The Bertz CT molecular complexity index is 1380. The smallest absolute Gasteiger partial charge is 0.322 e. The molecule has 6 nitrogen and oxygen atoms in total. The van der Waals surface area contributed by atoms with Gasteiger partial charge in [0.1, 0.15) is 6.54 Å². The average molecular weight is 511 g/mol. The number of aromatic amines is 1. The quantitative estimate of drug-likeness (QED) is 0.254. The topological polar surface area (TPSA) is 68.4 Å². The van der Waals surface area contributed by atoms with E-state index in [4.69, 9.17) is 0 Å². The molecule has 0 saturated carbocycles. The molecule has 1 heterocycles. The van der Waals surface area contributed by atoms with Crippen LogP contribution >= 0.6 is 0 Å². The maximum Gasteiger partial charge on any atom is 0.322 e. The van der Waals surface area contributed by atoms with Crippen molar-refractivity contribution < 1.29 is 9.59 Å². The number of urea groups is 1. The van der Waals surface area contributed by atoms with Gasteiger partial charge >= 0.3 is 6.03 Å². The van der Waals surface area contributed by atoms with Gasteiger partial charge in [0.2, 0.25) is 5.91 Å². The Balaban J connectivity index is 1.50. The van der Waals surface area contributed by atoms with Crippen LogP contribution in [0.1, 0.15) is 36.1 Å². The summed E-state index contributed by atoms with van der Waals surface area (Å²) in [5, 5.41) is 4.17. The van der Waals surface area contributed by atoms with E-state index in [1.54, 1.807) is 4.90 Å². The summed E-state index contributed by atoms with van der Waals surface area (Å²) in [6, 6.07) is 23.8. The number of para-hydroxylation sites is 1. The monoisotopic (exact) mass is 510 g/mol. The standard InChI is InChI=1S/C32H38N4O2/c1-23(2)20-36(32(38)34-28-15-14-24(3)25(4)18-28)22-31(37)35(21-26-10-6-5-7-11-26)17-16-27-19-33-30-13-9-8-12-29(27)30/h5-15,18-19,23,33H,16-17,20-22H2,1-4H3,(H,34,38). The summed E-state index contributed by atoms with van der Waals surface area (Å²) in [5.41, 5.74) is 6.35. The third-order valence-electron chi connectivity index (χ3n) is 6.85. The molecular weight excluding hydrogens is 472 g/mol. The van der Waals surface area contributed by atoms with E-state index in [9.17, 15) is 9.59 Å². The lowest BCUT2D eigenvalue weighted by Crippen LogP contribution is -2.46. The largest absolute Gasteiger partial charge is 0.361 e. The van der Waals surface area contributed by atoms with Gasteiger partial charge in [0, 0.05) is 42.4 Å². The van der Waals surface area contributed by atoms with Gasteiger partial charge in [-0.15, -0.1) is 0 Å². The van der Waals surface area contributed by atoms with Gasteiger partial charge in [-0.1, -0.05) is 68.4 Å². The molecule has 0 aliphatic heterocycles. The van der Waals surface area contributed by atoms with Gasteiger partial charge < -0.3 is 20.1 Å². The highest BCUT2D eigenvalue weighted by Crippen LogP contribution is 2.19. The van der Waals surface area contributed by atoms with Crippen molar-refractivity contribution >= 4 is 28.5 Å². The Hall–Kier alpha value is -4.06. The van der Waals surface area contributed by atoms with E-state index in [2.05, 4.69) is 36.3 Å². The summed E-state index contributed by atoms with van der Waals surface area (Å²) in [7, 11) is 0. The second-order valence-electron chi connectivity index (χ2n) is 10.4. The van der Waals surface area contributed by atoms with Crippen LogP contribution in [-0.2, 0) is 17.8 Å². The molecule has 4 rings (SSSR count). The van der Waals surface area contributed by atoms with Crippen LogP contribution in [0.25, 0.3) is 10.9 Å². The Morgan fingerprint density at radius 3 is 2.37 bits per heavy atom. The maximum absolute atomic E-state index is 13.7. The van der Waals surface area contributed by atoms with Gasteiger partial charge in [-0.3, -0.25) is 4.79 Å². The van der Waals surface area contributed by atoms with Crippen molar-refractivity contribution in [2.75, 3.05) is 25.0 Å². The fourth-order valence-corrected chi connectivity index (χ4v) is 4.63. The molecule has 0 spiro atoms. The summed E-state index contributed by atoms with van der Waals surface area (Å²) in [4.78, 5) is 33.8. The lowest BCUT2D eigenvalue weighted by molar-refractivity contribution is -0.132. The molecule has 0 aliphatic rings. The zero-order chi connectivity index (χ0) is 27.1. The fraction of sp³-hybridized carbons (Fsp3) is 0.312. The van der Waals surface area contributed by atoms with E-state index in [1.165, 1.54) is 16.5 Å². The third kappa shape index (κ3) is 7.03. The minimum Gasteiger partial charge on any atom is -0.361 e. The summed E-state index contributed by atoms with van der Waals surface area (Å²) >= 11 is 0.